The molecule has 0 saturated heterocycles. The highest BCUT2D eigenvalue weighted by molar-refractivity contribution is 5.98. The Morgan fingerprint density at radius 2 is 2.19 bits per heavy atom. The van der Waals surface area contributed by atoms with Crippen molar-refractivity contribution < 1.29 is 18.0 Å². The van der Waals surface area contributed by atoms with Crippen LogP contribution in [0.1, 0.15) is 24.5 Å². The first-order valence-electron chi connectivity index (χ1n) is 6.08. The molecule has 1 amide bonds. The summed E-state index contributed by atoms with van der Waals surface area (Å²) >= 11 is 0. The Kier molecular flexibility index (Phi) is 3.68. The molecule has 1 aliphatic rings. The third-order valence-electron chi connectivity index (χ3n) is 3.18. The molecule has 1 N–H and O–H groups in total. The normalized spacial score (nSPS) is 21.1. The largest absolute Gasteiger partial charge is 0.417 e. The fourth-order valence-corrected chi connectivity index (χ4v) is 1.90. The van der Waals surface area contributed by atoms with Gasteiger partial charge in [0.15, 0.2) is 5.54 Å². The zero-order valence-corrected chi connectivity index (χ0v) is 11.0. The quantitative estimate of drug-likeness (QED) is 0.910. The van der Waals surface area contributed by atoms with E-state index in [1.807, 2.05) is 0 Å². The van der Waals surface area contributed by atoms with Crippen molar-refractivity contribution in [3.63, 3.8) is 0 Å². The molecule has 0 spiro atoms. The van der Waals surface area contributed by atoms with Gasteiger partial charge in [0.1, 0.15) is 0 Å². The summed E-state index contributed by atoms with van der Waals surface area (Å²) in [6.07, 6.45) is -4.26. The Labute approximate surface area is 118 Å². The van der Waals surface area contributed by atoms with E-state index in [0.29, 0.717) is 13.0 Å². The Morgan fingerprint density at radius 1 is 1.48 bits per heavy atom. The summed E-state index contributed by atoms with van der Waals surface area (Å²) < 4.78 is 38.5. The van der Waals surface area contributed by atoms with E-state index < -0.39 is 28.7 Å². The third-order valence-corrected chi connectivity index (χ3v) is 3.18. The molecule has 110 valence electrons. The van der Waals surface area contributed by atoms with Crippen molar-refractivity contribution in [2.45, 2.75) is 25.1 Å². The first kappa shape index (κ1) is 15.0. The highest BCUT2D eigenvalue weighted by atomic mass is 19.4. The van der Waals surface area contributed by atoms with Crippen LogP contribution in [0.5, 0.6) is 0 Å². The zero-order valence-electron chi connectivity index (χ0n) is 11.0. The van der Waals surface area contributed by atoms with Gasteiger partial charge < -0.3 is 5.32 Å². The van der Waals surface area contributed by atoms with E-state index in [9.17, 15) is 18.0 Å². The Balaban J connectivity index is 2.28. The highest BCUT2D eigenvalue weighted by Crippen LogP contribution is 2.34. The molecule has 1 aromatic carbocycles. The number of alkyl halides is 3. The number of nitrogens with zero attached hydrogens (tertiary/aromatic N) is 3. The van der Waals surface area contributed by atoms with Gasteiger partial charge in [-0.2, -0.15) is 28.7 Å². The number of halogens is 3. The monoisotopic (exact) mass is 296 g/mol. The van der Waals surface area contributed by atoms with Gasteiger partial charge in [-0.05, 0) is 25.1 Å². The number of carbonyl (C=O) groups excluding carboxylic acids is 1. The Hall–Kier alpha value is -2.43. The van der Waals surface area contributed by atoms with E-state index in [-0.39, 0.29) is 5.69 Å². The number of hydrogen-bond acceptors (Lipinski definition) is 4. The summed E-state index contributed by atoms with van der Waals surface area (Å²) in [5, 5.41) is 18.6. The molecule has 0 aliphatic carbocycles. The van der Waals surface area contributed by atoms with Gasteiger partial charge in [-0.3, -0.25) is 4.79 Å². The standard InChI is InChI=1S/C13H11F3N4O/c1-12(4-5-18-20-12)11(21)19-9-3-2-8(7-17)10(6-9)13(14,15)16/h2-3,6H,4-5H2,1H3,(H,19,21). The first-order valence-corrected chi connectivity index (χ1v) is 6.08. The van der Waals surface area contributed by atoms with Crippen molar-refractivity contribution in [2.24, 2.45) is 10.2 Å². The van der Waals surface area contributed by atoms with Crippen LogP contribution in [0.4, 0.5) is 18.9 Å². The summed E-state index contributed by atoms with van der Waals surface area (Å²) in [5.41, 5.74) is -2.67. The smallest absolute Gasteiger partial charge is 0.324 e. The zero-order chi connectivity index (χ0) is 15.7. The minimum absolute atomic E-state index is 0.0327. The summed E-state index contributed by atoms with van der Waals surface area (Å²) in [5.74, 6) is -0.526. The minimum atomic E-state index is -4.66. The molecule has 8 heteroatoms. The molecule has 1 aliphatic heterocycles. The van der Waals surface area contributed by atoms with Crippen LogP contribution in [-0.4, -0.2) is 18.0 Å². The molecular formula is C13H11F3N4O. The van der Waals surface area contributed by atoms with Gasteiger partial charge >= 0.3 is 6.18 Å². The number of benzene rings is 1. The lowest BCUT2D eigenvalue weighted by molar-refractivity contribution is -0.137. The van der Waals surface area contributed by atoms with Gasteiger partial charge in [0.05, 0.1) is 23.7 Å². The van der Waals surface area contributed by atoms with Crippen molar-refractivity contribution in [1.82, 2.24) is 0 Å². The summed E-state index contributed by atoms with van der Waals surface area (Å²) in [4.78, 5) is 12.0. The first-order chi connectivity index (χ1) is 9.76. The third kappa shape index (κ3) is 3.02. The van der Waals surface area contributed by atoms with E-state index in [1.54, 1.807) is 6.92 Å². The molecule has 2 rings (SSSR count). The van der Waals surface area contributed by atoms with E-state index in [0.717, 1.165) is 12.1 Å². The number of nitrogens with one attached hydrogen (secondary N) is 1. The molecule has 1 aromatic rings. The average Bonchev–Trinajstić information content (AvgIpc) is 2.86. The predicted molar refractivity (Wildman–Crippen MR) is 67.5 cm³/mol. The van der Waals surface area contributed by atoms with Crippen LogP contribution in [0.2, 0.25) is 0 Å². The number of hydrogen-bond donors (Lipinski definition) is 1. The predicted octanol–water partition coefficient (Wildman–Crippen LogP) is 3.13. The van der Waals surface area contributed by atoms with Crippen molar-refractivity contribution in [3.05, 3.63) is 29.3 Å². The van der Waals surface area contributed by atoms with Crippen LogP contribution < -0.4 is 5.32 Å². The number of carbonyl (C=O) groups is 1. The second-order valence-corrected chi connectivity index (χ2v) is 4.81. The SMILES string of the molecule is CC1(C(=O)Nc2ccc(C#N)c(C(F)(F)F)c2)CCN=N1. The lowest BCUT2D eigenvalue weighted by atomic mass is 9.99. The molecule has 21 heavy (non-hydrogen) atoms. The topological polar surface area (TPSA) is 77.6 Å². The number of anilines is 1. The molecule has 1 unspecified atom stereocenters. The van der Waals surface area contributed by atoms with Gasteiger partial charge in [0.25, 0.3) is 5.91 Å². The fraction of sp³-hybridized carbons (Fsp3) is 0.385. The molecule has 5 nitrogen and oxygen atoms in total. The molecule has 1 atom stereocenters. The molecule has 0 saturated carbocycles. The van der Waals surface area contributed by atoms with Crippen molar-refractivity contribution in [3.8, 4) is 6.07 Å². The molecule has 0 bridgehead atoms. The number of amides is 1. The minimum Gasteiger partial charge on any atom is -0.324 e. The summed E-state index contributed by atoms with van der Waals surface area (Å²) in [7, 11) is 0. The second-order valence-electron chi connectivity index (χ2n) is 4.81. The van der Waals surface area contributed by atoms with Crippen LogP contribution in [-0.2, 0) is 11.0 Å². The highest BCUT2D eigenvalue weighted by Gasteiger charge is 2.37. The maximum atomic E-state index is 12.8. The van der Waals surface area contributed by atoms with Gasteiger partial charge in [-0.25, -0.2) is 0 Å². The van der Waals surface area contributed by atoms with Gasteiger partial charge in [-0.15, -0.1) is 0 Å². The molecule has 0 fully saturated rings. The van der Waals surface area contributed by atoms with Gasteiger partial charge in [0, 0.05) is 12.1 Å². The summed E-state index contributed by atoms with van der Waals surface area (Å²) in [6.45, 7) is 1.97. The molecule has 1 heterocycles. The number of rotatable bonds is 2. The Morgan fingerprint density at radius 3 is 2.71 bits per heavy atom. The lowest BCUT2D eigenvalue weighted by Gasteiger charge is -2.18. The Bertz CT molecular complexity index is 648. The molecular weight excluding hydrogens is 285 g/mol. The van der Waals surface area contributed by atoms with Crippen molar-refractivity contribution in [2.75, 3.05) is 11.9 Å². The summed E-state index contributed by atoms with van der Waals surface area (Å²) in [6, 6.07) is 4.50. The van der Waals surface area contributed by atoms with Gasteiger partial charge in [0.2, 0.25) is 0 Å². The maximum absolute atomic E-state index is 12.8. The van der Waals surface area contributed by atoms with Crippen LogP contribution in [0, 0.1) is 11.3 Å². The van der Waals surface area contributed by atoms with Crippen LogP contribution >= 0.6 is 0 Å². The maximum Gasteiger partial charge on any atom is 0.417 e. The van der Waals surface area contributed by atoms with E-state index in [2.05, 4.69) is 15.5 Å². The van der Waals surface area contributed by atoms with E-state index in [1.165, 1.54) is 12.1 Å². The van der Waals surface area contributed by atoms with Crippen molar-refractivity contribution in [1.29, 1.82) is 5.26 Å². The van der Waals surface area contributed by atoms with Crippen LogP contribution in [0.25, 0.3) is 0 Å². The van der Waals surface area contributed by atoms with Crippen LogP contribution in [0.15, 0.2) is 28.4 Å². The molecule has 0 aromatic heterocycles. The number of azo groups is 1. The number of nitriles is 1. The molecule has 0 radical (unpaired) electrons. The second kappa shape index (κ2) is 5.16. The fourth-order valence-electron chi connectivity index (χ4n) is 1.90. The van der Waals surface area contributed by atoms with E-state index in [4.69, 9.17) is 5.26 Å². The van der Waals surface area contributed by atoms with E-state index >= 15 is 0 Å². The lowest BCUT2D eigenvalue weighted by Crippen LogP contribution is -2.36. The van der Waals surface area contributed by atoms with Crippen molar-refractivity contribution >= 4 is 11.6 Å². The van der Waals surface area contributed by atoms with Gasteiger partial charge in [-0.1, -0.05) is 0 Å². The average molecular weight is 296 g/mol. The van der Waals surface area contributed by atoms with Crippen LogP contribution in [0.3, 0.4) is 0 Å².